The molecule has 0 aliphatic rings. The second-order valence-corrected chi connectivity index (χ2v) is 14.2. The van der Waals surface area contributed by atoms with Crippen LogP contribution >= 0.6 is 0 Å². The number of fused-ring (bicyclic) bond motifs is 7. The molecule has 11 aromatic rings. The van der Waals surface area contributed by atoms with Crippen LogP contribution in [0.25, 0.3) is 110 Å². The molecule has 1 heterocycles. The molecule has 0 saturated carbocycles. The molecule has 11 rings (SSSR count). The van der Waals surface area contributed by atoms with E-state index in [1.807, 2.05) is 18.2 Å². The summed E-state index contributed by atoms with van der Waals surface area (Å²) in [5, 5.41) is 21.7. The van der Waals surface area contributed by atoms with E-state index in [4.69, 9.17) is 4.42 Å². The van der Waals surface area contributed by atoms with Crippen LogP contribution in [0, 0.1) is 11.3 Å². The van der Waals surface area contributed by atoms with Crippen LogP contribution in [0.15, 0.2) is 192 Å². The van der Waals surface area contributed by atoms with Crippen molar-refractivity contribution in [2.24, 2.45) is 0 Å². The molecule has 0 fully saturated rings. The molecular formula is C53H31NO. The van der Waals surface area contributed by atoms with E-state index >= 15 is 0 Å². The predicted octanol–water partition coefficient (Wildman–Crippen LogP) is 14.7. The second kappa shape index (κ2) is 12.3. The van der Waals surface area contributed by atoms with E-state index in [1.165, 1.54) is 38.2 Å². The molecule has 254 valence electrons. The molecule has 0 unspecified atom stereocenters. The first-order valence-electron chi connectivity index (χ1n) is 18.7. The Labute approximate surface area is 317 Å². The van der Waals surface area contributed by atoms with Crippen LogP contribution in [0.3, 0.4) is 0 Å². The normalized spacial score (nSPS) is 11.6. The van der Waals surface area contributed by atoms with Gasteiger partial charge in [0, 0.05) is 16.3 Å². The molecule has 0 aliphatic heterocycles. The minimum absolute atomic E-state index is 0.667. The van der Waals surface area contributed by atoms with Crippen molar-refractivity contribution < 1.29 is 4.42 Å². The minimum atomic E-state index is 0.667. The zero-order valence-corrected chi connectivity index (χ0v) is 29.8. The standard InChI is InChI=1S/C53H31NO/c54-32-35-17-4-5-18-36(35)51-41-23-10-8-21-39(41)50(40-22-9-11-24-42(40)51)34-29-30-45-48(31-34)55-47-28-14-27-46(53(45)47)52-43-25-12-6-19-37(43)49(33-15-2-1-3-16-33)38-20-7-13-26-44(38)52/h1-31H. The first-order valence-corrected chi connectivity index (χ1v) is 18.7. The quantitative estimate of drug-likeness (QED) is 0.172. The average Bonchev–Trinajstić information content (AvgIpc) is 3.63. The highest BCUT2D eigenvalue weighted by Crippen LogP contribution is 2.49. The molecule has 0 spiro atoms. The summed E-state index contributed by atoms with van der Waals surface area (Å²) in [6.07, 6.45) is 0. The Morgan fingerprint density at radius 3 is 1.35 bits per heavy atom. The van der Waals surface area contributed by atoms with Crippen LogP contribution in [-0.4, -0.2) is 0 Å². The molecule has 2 heteroatoms. The molecule has 0 atom stereocenters. The van der Waals surface area contributed by atoms with Crippen molar-refractivity contribution in [2.45, 2.75) is 0 Å². The van der Waals surface area contributed by atoms with Gasteiger partial charge < -0.3 is 4.42 Å². The SMILES string of the molecule is N#Cc1ccccc1-c1c2ccccc2c(-c2ccc3c(c2)oc2cccc(-c4c5ccccc5c(-c5ccccc5)c5ccccc45)c23)c2ccccc12. The van der Waals surface area contributed by atoms with Gasteiger partial charge >= 0.3 is 0 Å². The average molecular weight is 698 g/mol. The van der Waals surface area contributed by atoms with E-state index in [-0.39, 0.29) is 0 Å². The van der Waals surface area contributed by atoms with Crippen LogP contribution in [0.1, 0.15) is 5.56 Å². The van der Waals surface area contributed by atoms with E-state index in [0.29, 0.717) is 5.56 Å². The summed E-state index contributed by atoms with van der Waals surface area (Å²) in [7, 11) is 0. The van der Waals surface area contributed by atoms with E-state index < -0.39 is 0 Å². The van der Waals surface area contributed by atoms with Gasteiger partial charge in [-0.3, -0.25) is 0 Å². The van der Waals surface area contributed by atoms with Gasteiger partial charge in [0.1, 0.15) is 11.2 Å². The van der Waals surface area contributed by atoms with Gasteiger partial charge in [0.15, 0.2) is 0 Å². The molecule has 1 aromatic heterocycles. The highest BCUT2D eigenvalue weighted by atomic mass is 16.3. The molecule has 0 aliphatic carbocycles. The third-order valence-electron chi connectivity index (χ3n) is 11.3. The van der Waals surface area contributed by atoms with E-state index in [9.17, 15) is 5.26 Å². The fourth-order valence-corrected chi connectivity index (χ4v) is 9.05. The van der Waals surface area contributed by atoms with Gasteiger partial charge in [-0.05, 0) is 106 Å². The van der Waals surface area contributed by atoms with E-state index in [1.54, 1.807) is 0 Å². The Balaban J connectivity index is 1.18. The molecule has 0 N–H and O–H groups in total. The number of furan rings is 1. The van der Waals surface area contributed by atoms with Gasteiger partial charge in [0.2, 0.25) is 0 Å². The number of hydrogen-bond acceptors (Lipinski definition) is 2. The Hall–Kier alpha value is -7.47. The van der Waals surface area contributed by atoms with Crippen molar-refractivity contribution in [3.63, 3.8) is 0 Å². The van der Waals surface area contributed by atoms with Crippen LogP contribution in [0.4, 0.5) is 0 Å². The zero-order chi connectivity index (χ0) is 36.5. The van der Waals surface area contributed by atoms with Gasteiger partial charge in [-0.15, -0.1) is 0 Å². The van der Waals surface area contributed by atoms with E-state index in [2.05, 4.69) is 176 Å². The number of benzene rings is 10. The van der Waals surface area contributed by atoms with Gasteiger partial charge in [0.05, 0.1) is 11.6 Å². The highest BCUT2D eigenvalue weighted by molar-refractivity contribution is 6.26. The maximum absolute atomic E-state index is 10.1. The minimum Gasteiger partial charge on any atom is -0.456 e. The number of nitriles is 1. The Morgan fingerprint density at radius 1 is 0.327 bits per heavy atom. The molecule has 2 nitrogen and oxygen atoms in total. The lowest BCUT2D eigenvalue weighted by molar-refractivity contribution is 0.669. The van der Waals surface area contributed by atoms with Crippen molar-refractivity contribution in [3.05, 3.63) is 194 Å². The summed E-state index contributed by atoms with van der Waals surface area (Å²) in [6.45, 7) is 0. The van der Waals surface area contributed by atoms with Crippen LogP contribution in [0.5, 0.6) is 0 Å². The Bertz CT molecular complexity index is 3270. The predicted molar refractivity (Wildman–Crippen MR) is 230 cm³/mol. The summed E-state index contributed by atoms with van der Waals surface area (Å²) in [5.41, 5.74) is 11.5. The van der Waals surface area contributed by atoms with Crippen molar-refractivity contribution >= 4 is 65.0 Å². The van der Waals surface area contributed by atoms with Gasteiger partial charge in [-0.2, -0.15) is 5.26 Å². The fraction of sp³-hybridized carbons (Fsp3) is 0. The first kappa shape index (κ1) is 31.1. The lowest BCUT2D eigenvalue weighted by atomic mass is 9.84. The third kappa shape index (κ3) is 4.67. The third-order valence-corrected chi connectivity index (χ3v) is 11.3. The highest BCUT2D eigenvalue weighted by Gasteiger charge is 2.22. The summed E-state index contributed by atoms with van der Waals surface area (Å²) >= 11 is 0. The van der Waals surface area contributed by atoms with Crippen molar-refractivity contribution in [1.29, 1.82) is 5.26 Å². The maximum atomic E-state index is 10.1. The number of rotatable bonds is 4. The number of nitrogens with zero attached hydrogens (tertiary/aromatic N) is 1. The largest absolute Gasteiger partial charge is 0.456 e. The molecule has 0 amide bonds. The van der Waals surface area contributed by atoms with Crippen molar-refractivity contribution in [1.82, 2.24) is 0 Å². The topological polar surface area (TPSA) is 36.9 Å². The summed E-state index contributed by atoms with van der Waals surface area (Å²) in [4.78, 5) is 0. The first-order chi connectivity index (χ1) is 27.3. The van der Waals surface area contributed by atoms with Gasteiger partial charge in [-0.1, -0.05) is 164 Å². The summed E-state index contributed by atoms with van der Waals surface area (Å²) in [6, 6.07) is 69.0. The molecule has 0 radical (unpaired) electrons. The summed E-state index contributed by atoms with van der Waals surface area (Å²) in [5.74, 6) is 0. The molecule has 55 heavy (non-hydrogen) atoms. The smallest absolute Gasteiger partial charge is 0.136 e. The Morgan fingerprint density at radius 2 is 0.782 bits per heavy atom. The van der Waals surface area contributed by atoms with Crippen molar-refractivity contribution in [3.8, 4) is 50.6 Å². The van der Waals surface area contributed by atoms with Crippen LogP contribution in [-0.2, 0) is 0 Å². The monoisotopic (exact) mass is 697 g/mol. The molecular weight excluding hydrogens is 667 g/mol. The fourth-order valence-electron chi connectivity index (χ4n) is 9.05. The lowest BCUT2D eigenvalue weighted by Gasteiger charge is -2.18. The van der Waals surface area contributed by atoms with Crippen LogP contribution < -0.4 is 0 Å². The molecule has 0 bridgehead atoms. The van der Waals surface area contributed by atoms with Crippen molar-refractivity contribution in [2.75, 3.05) is 0 Å². The Kier molecular flexibility index (Phi) is 6.96. The maximum Gasteiger partial charge on any atom is 0.136 e. The lowest BCUT2D eigenvalue weighted by Crippen LogP contribution is -1.92. The molecule has 10 aromatic carbocycles. The second-order valence-electron chi connectivity index (χ2n) is 14.2. The summed E-state index contributed by atoms with van der Waals surface area (Å²) < 4.78 is 6.81. The number of hydrogen-bond donors (Lipinski definition) is 0. The molecule has 0 saturated heterocycles. The van der Waals surface area contributed by atoms with Gasteiger partial charge in [-0.25, -0.2) is 0 Å². The zero-order valence-electron chi connectivity index (χ0n) is 29.8. The van der Waals surface area contributed by atoms with E-state index in [0.717, 1.165) is 71.3 Å². The van der Waals surface area contributed by atoms with Crippen LogP contribution in [0.2, 0.25) is 0 Å². The van der Waals surface area contributed by atoms with Gasteiger partial charge in [0.25, 0.3) is 0 Å².